The number of carbonyl (C=O) groups excluding carboxylic acids is 1. The highest BCUT2D eigenvalue weighted by Crippen LogP contribution is 2.28. The monoisotopic (exact) mass is 348 g/mol. The number of guanidine groups is 1. The van der Waals surface area contributed by atoms with Gasteiger partial charge in [0.2, 0.25) is 5.91 Å². The highest BCUT2D eigenvalue weighted by Gasteiger charge is 2.36. The van der Waals surface area contributed by atoms with Crippen LogP contribution in [0.25, 0.3) is 0 Å². The lowest BCUT2D eigenvalue weighted by atomic mass is 10.1. The maximum atomic E-state index is 13.8. The Morgan fingerprint density at radius 2 is 2.16 bits per heavy atom. The summed E-state index contributed by atoms with van der Waals surface area (Å²) in [5.74, 6) is 0.263. The largest absolute Gasteiger partial charge is 0.386 e. The molecule has 1 atom stereocenters. The number of rotatable bonds is 5. The van der Waals surface area contributed by atoms with E-state index in [-0.39, 0.29) is 24.6 Å². The molecule has 0 bridgehead atoms. The van der Waals surface area contributed by atoms with Crippen LogP contribution < -0.4 is 5.32 Å². The van der Waals surface area contributed by atoms with Gasteiger partial charge in [0.15, 0.2) is 5.96 Å². The van der Waals surface area contributed by atoms with Gasteiger partial charge in [0, 0.05) is 31.2 Å². The Balaban J connectivity index is 1.65. The number of aliphatic hydroxyl groups excluding tert-OH is 1. The molecule has 1 aliphatic heterocycles. The van der Waals surface area contributed by atoms with Gasteiger partial charge in [-0.05, 0) is 25.8 Å². The predicted molar refractivity (Wildman–Crippen MR) is 93.6 cm³/mol. The molecule has 2 aliphatic rings. The minimum absolute atomic E-state index is 0.0420. The molecule has 1 amide bonds. The average Bonchev–Trinajstić information content (AvgIpc) is 3.43. The third-order valence-electron chi connectivity index (χ3n) is 4.56. The van der Waals surface area contributed by atoms with Crippen LogP contribution in [0, 0.1) is 5.82 Å². The van der Waals surface area contributed by atoms with Crippen LogP contribution in [-0.2, 0) is 4.79 Å². The molecule has 1 aromatic carbocycles. The number of piperazine rings is 1. The number of halogens is 1. The average molecular weight is 348 g/mol. The summed E-state index contributed by atoms with van der Waals surface area (Å²) in [5.41, 5.74) is 0.233. The van der Waals surface area contributed by atoms with Crippen LogP contribution in [0.4, 0.5) is 4.39 Å². The molecule has 1 heterocycles. The first-order chi connectivity index (χ1) is 12.1. The molecular weight excluding hydrogens is 323 g/mol. The second-order valence-corrected chi connectivity index (χ2v) is 6.47. The maximum Gasteiger partial charge on any atom is 0.242 e. The first-order valence-electron chi connectivity index (χ1n) is 8.85. The second kappa shape index (κ2) is 7.82. The summed E-state index contributed by atoms with van der Waals surface area (Å²) < 4.78 is 13.8. The van der Waals surface area contributed by atoms with E-state index in [1.807, 2.05) is 16.7 Å². The Morgan fingerprint density at radius 3 is 2.80 bits per heavy atom. The Hall–Kier alpha value is -2.15. The van der Waals surface area contributed by atoms with Crippen LogP contribution in [0.3, 0.4) is 0 Å². The van der Waals surface area contributed by atoms with Gasteiger partial charge >= 0.3 is 0 Å². The molecule has 7 heteroatoms. The smallest absolute Gasteiger partial charge is 0.242 e. The lowest BCUT2D eigenvalue weighted by Crippen LogP contribution is -2.55. The maximum absolute atomic E-state index is 13.8. The molecule has 1 unspecified atom stereocenters. The third-order valence-corrected chi connectivity index (χ3v) is 4.56. The van der Waals surface area contributed by atoms with E-state index in [4.69, 9.17) is 0 Å². The molecule has 25 heavy (non-hydrogen) atoms. The first kappa shape index (κ1) is 17.7. The van der Waals surface area contributed by atoms with E-state index in [1.165, 1.54) is 6.07 Å². The molecule has 136 valence electrons. The quantitative estimate of drug-likeness (QED) is 0.618. The lowest BCUT2D eigenvalue weighted by molar-refractivity contribution is -0.135. The molecule has 1 aromatic rings. The summed E-state index contributed by atoms with van der Waals surface area (Å²) >= 11 is 0. The molecule has 1 aliphatic carbocycles. The molecule has 0 radical (unpaired) electrons. The second-order valence-electron chi connectivity index (χ2n) is 6.47. The van der Waals surface area contributed by atoms with Gasteiger partial charge in [-0.2, -0.15) is 0 Å². The predicted octanol–water partition coefficient (Wildman–Crippen LogP) is 1.13. The van der Waals surface area contributed by atoms with Gasteiger partial charge in [0.25, 0.3) is 0 Å². The van der Waals surface area contributed by atoms with E-state index >= 15 is 0 Å². The fraction of sp³-hybridized carbons (Fsp3) is 0.556. The zero-order chi connectivity index (χ0) is 17.8. The van der Waals surface area contributed by atoms with E-state index in [9.17, 15) is 14.3 Å². The van der Waals surface area contributed by atoms with Gasteiger partial charge in [-0.25, -0.2) is 4.39 Å². The molecule has 1 saturated carbocycles. The normalized spacial score (nSPS) is 20.0. The Labute approximate surface area is 147 Å². The van der Waals surface area contributed by atoms with Gasteiger partial charge in [0.05, 0.1) is 13.1 Å². The summed E-state index contributed by atoms with van der Waals surface area (Å²) in [6, 6.07) is 6.58. The molecule has 1 saturated heterocycles. The molecule has 0 spiro atoms. The molecule has 0 aromatic heterocycles. The first-order valence-corrected chi connectivity index (χ1v) is 8.85. The van der Waals surface area contributed by atoms with Crippen molar-refractivity contribution in [3.63, 3.8) is 0 Å². The van der Waals surface area contributed by atoms with Crippen molar-refractivity contribution in [2.24, 2.45) is 4.99 Å². The topological polar surface area (TPSA) is 68.2 Å². The van der Waals surface area contributed by atoms with Crippen molar-refractivity contribution >= 4 is 11.9 Å². The summed E-state index contributed by atoms with van der Waals surface area (Å²) in [6.45, 7) is 4.35. The Bertz CT molecular complexity index is 648. The highest BCUT2D eigenvalue weighted by atomic mass is 19.1. The van der Waals surface area contributed by atoms with Crippen LogP contribution in [0.1, 0.15) is 31.4 Å². The number of nitrogens with one attached hydrogen (secondary N) is 1. The van der Waals surface area contributed by atoms with Crippen LogP contribution >= 0.6 is 0 Å². The van der Waals surface area contributed by atoms with E-state index in [1.54, 1.807) is 18.2 Å². The van der Waals surface area contributed by atoms with Gasteiger partial charge in [-0.1, -0.05) is 18.2 Å². The Morgan fingerprint density at radius 1 is 1.40 bits per heavy atom. The van der Waals surface area contributed by atoms with Crippen molar-refractivity contribution in [3.05, 3.63) is 35.6 Å². The van der Waals surface area contributed by atoms with Crippen LogP contribution in [0.2, 0.25) is 0 Å². The molecule has 3 rings (SSSR count). The minimum atomic E-state index is -1.02. The van der Waals surface area contributed by atoms with Crippen molar-refractivity contribution in [1.82, 2.24) is 15.1 Å². The number of aliphatic imine (C=N–C) groups is 1. The fourth-order valence-electron chi connectivity index (χ4n) is 3.08. The number of nitrogens with zero attached hydrogens (tertiary/aromatic N) is 3. The van der Waals surface area contributed by atoms with E-state index in [0.29, 0.717) is 31.6 Å². The SMILES string of the molecule is CCNC(=NCC(O)c1ccccc1F)N1CCN(C2CC2)C(=O)C1. The summed E-state index contributed by atoms with van der Waals surface area (Å²) in [6.07, 6.45) is 1.20. The minimum Gasteiger partial charge on any atom is -0.386 e. The zero-order valence-electron chi connectivity index (χ0n) is 14.5. The van der Waals surface area contributed by atoms with Gasteiger partial charge in [-0.15, -0.1) is 0 Å². The number of amides is 1. The van der Waals surface area contributed by atoms with Crippen LogP contribution in [0.15, 0.2) is 29.3 Å². The zero-order valence-corrected chi connectivity index (χ0v) is 14.5. The summed E-state index contributed by atoms with van der Waals surface area (Å²) in [5, 5.41) is 13.4. The number of benzene rings is 1. The standard InChI is InChI=1S/C18H25FN4O2/c1-2-20-18(21-11-16(24)14-5-3-4-6-15(14)19)22-9-10-23(13-7-8-13)17(25)12-22/h3-6,13,16,24H,2,7-12H2,1H3,(H,20,21). The van der Waals surface area contributed by atoms with Crippen molar-refractivity contribution < 1.29 is 14.3 Å². The van der Waals surface area contributed by atoms with Crippen molar-refractivity contribution in [2.45, 2.75) is 31.9 Å². The highest BCUT2D eigenvalue weighted by molar-refractivity contribution is 5.88. The molecule has 2 fully saturated rings. The van der Waals surface area contributed by atoms with E-state index < -0.39 is 11.9 Å². The van der Waals surface area contributed by atoms with Crippen molar-refractivity contribution in [1.29, 1.82) is 0 Å². The van der Waals surface area contributed by atoms with Gasteiger partial charge in [-0.3, -0.25) is 9.79 Å². The summed E-state index contributed by atoms with van der Waals surface area (Å²) in [4.78, 5) is 20.6. The molecule has 2 N–H and O–H groups in total. The Kier molecular flexibility index (Phi) is 5.53. The van der Waals surface area contributed by atoms with Crippen LogP contribution in [-0.4, -0.2) is 65.5 Å². The third kappa shape index (κ3) is 4.28. The van der Waals surface area contributed by atoms with E-state index in [0.717, 1.165) is 12.8 Å². The van der Waals surface area contributed by atoms with Crippen molar-refractivity contribution in [2.75, 3.05) is 32.7 Å². The van der Waals surface area contributed by atoms with Gasteiger partial charge in [0.1, 0.15) is 11.9 Å². The summed E-state index contributed by atoms with van der Waals surface area (Å²) in [7, 11) is 0. The number of hydrogen-bond donors (Lipinski definition) is 2. The number of hydrogen-bond acceptors (Lipinski definition) is 3. The van der Waals surface area contributed by atoms with Gasteiger partial charge < -0.3 is 20.2 Å². The van der Waals surface area contributed by atoms with Crippen molar-refractivity contribution in [3.8, 4) is 0 Å². The lowest BCUT2D eigenvalue weighted by Gasteiger charge is -2.36. The molecular formula is C18H25FN4O2. The number of carbonyl (C=O) groups is 1. The van der Waals surface area contributed by atoms with Crippen LogP contribution in [0.5, 0.6) is 0 Å². The number of aliphatic hydroxyl groups is 1. The van der Waals surface area contributed by atoms with E-state index in [2.05, 4.69) is 10.3 Å². The fourth-order valence-corrected chi connectivity index (χ4v) is 3.08. The molecule has 6 nitrogen and oxygen atoms in total.